The Kier molecular flexibility index (Phi) is 3.69. The van der Waals surface area contributed by atoms with Crippen LogP contribution in [0.15, 0.2) is 24.3 Å². The van der Waals surface area contributed by atoms with E-state index >= 15 is 0 Å². The highest BCUT2D eigenvalue weighted by atomic mass is 14.5. The van der Waals surface area contributed by atoms with E-state index in [0.29, 0.717) is 11.3 Å². The van der Waals surface area contributed by atoms with Crippen molar-refractivity contribution in [2.75, 3.05) is 0 Å². The lowest BCUT2D eigenvalue weighted by atomic mass is 9.76. The van der Waals surface area contributed by atoms with Crippen molar-refractivity contribution >= 4 is 0 Å². The van der Waals surface area contributed by atoms with Crippen LogP contribution in [0.25, 0.3) is 0 Å². The van der Waals surface area contributed by atoms with E-state index in [4.69, 9.17) is 0 Å². The first-order chi connectivity index (χ1) is 9.45. The van der Waals surface area contributed by atoms with E-state index in [1.807, 2.05) is 0 Å². The molecular weight excluding hydrogens is 240 g/mol. The molecule has 0 spiro atoms. The molecular formula is C20H30. The monoisotopic (exact) mass is 270 g/mol. The van der Waals surface area contributed by atoms with Crippen molar-refractivity contribution in [1.82, 2.24) is 0 Å². The summed E-state index contributed by atoms with van der Waals surface area (Å²) in [6, 6.07) is 9.20. The van der Waals surface area contributed by atoms with Gasteiger partial charge >= 0.3 is 0 Å². The van der Waals surface area contributed by atoms with Crippen LogP contribution in [0, 0.1) is 30.1 Å². The number of fused-ring (bicyclic) bond motifs is 1. The summed E-state index contributed by atoms with van der Waals surface area (Å²) < 4.78 is 0. The topological polar surface area (TPSA) is 0 Å². The molecule has 0 aromatic heterocycles. The summed E-state index contributed by atoms with van der Waals surface area (Å²) in [4.78, 5) is 0. The standard InChI is InChI=1S/C20H30/c1-14-5-7-17(8-6-14)16(3)11-20(4)12-18-9-15(2)10-19(18)13-20/h5-8,15-16,18-19H,9-13H2,1-4H3. The van der Waals surface area contributed by atoms with E-state index in [9.17, 15) is 0 Å². The fourth-order valence-electron chi connectivity index (χ4n) is 5.28. The van der Waals surface area contributed by atoms with E-state index in [-0.39, 0.29) is 0 Å². The molecule has 20 heavy (non-hydrogen) atoms. The van der Waals surface area contributed by atoms with Gasteiger partial charge in [0, 0.05) is 0 Å². The molecule has 0 N–H and O–H groups in total. The summed E-state index contributed by atoms with van der Waals surface area (Å²) in [5.74, 6) is 3.78. The molecule has 3 atom stereocenters. The van der Waals surface area contributed by atoms with Gasteiger partial charge in [0.25, 0.3) is 0 Å². The lowest BCUT2D eigenvalue weighted by Crippen LogP contribution is -2.17. The number of rotatable bonds is 3. The summed E-state index contributed by atoms with van der Waals surface area (Å²) in [6.07, 6.45) is 7.34. The molecule has 0 saturated heterocycles. The van der Waals surface area contributed by atoms with Crippen LogP contribution in [0.3, 0.4) is 0 Å². The van der Waals surface area contributed by atoms with Crippen LogP contribution < -0.4 is 0 Å². The number of hydrogen-bond acceptors (Lipinski definition) is 0. The quantitative estimate of drug-likeness (QED) is 0.636. The fourth-order valence-corrected chi connectivity index (χ4v) is 5.28. The third-order valence-electron chi connectivity index (χ3n) is 6.03. The molecule has 3 rings (SSSR count). The molecule has 2 saturated carbocycles. The highest BCUT2D eigenvalue weighted by molar-refractivity contribution is 5.24. The summed E-state index contributed by atoms with van der Waals surface area (Å²) in [5, 5.41) is 0. The normalized spacial score (nSPS) is 37.9. The second-order valence-corrected chi connectivity index (χ2v) is 8.33. The first kappa shape index (κ1) is 14.2. The molecule has 0 heteroatoms. The second-order valence-electron chi connectivity index (χ2n) is 8.33. The van der Waals surface area contributed by atoms with Crippen molar-refractivity contribution in [1.29, 1.82) is 0 Å². The van der Waals surface area contributed by atoms with Crippen LogP contribution in [0.5, 0.6) is 0 Å². The minimum atomic E-state index is 0.597. The second kappa shape index (κ2) is 5.20. The molecule has 0 radical (unpaired) electrons. The Morgan fingerprint density at radius 1 is 1.10 bits per heavy atom. The maximum Gasteiger partial charge on any atom is -0.0185 e. The van der Waals surface area contributed by atoms with Crippen LogP contribution in [0.4, 0.5) is 0 Å². The van der Waals surface area contributed by atoms with Crippen molar-refractivity contribution in [2.45, 2.75) is 65.7 Å². The largest absolute Gasteiger partial charge is 0.0625 e. The maximum absolute atomic E-state index is 2.56. The molecule has 2 fully saturated rings. The Morgan fingerprint density at radius 3 is 2.20 bits per heavy atom. The Labute approximate surface area is 125 Å². The summed E-state index contributed by atoms with van der Waals surface area (Å²) in [5.41, 5.74) is 3.50. The average Bonchev–Trinajstić information content (AvgIpc) is 2.82. The van der Waals surface area contributed by atoms with Crippen LogP contribution in [-0.2, 0) is 0 Å². The minimum Gasteiger partial charge on any atom is -0.0625 e. The SMILES string of the molecule is Cc1ccc(C(C)CC2(C)CC3CC(C)CC3C2)cc1. The first-order valence-electron chi connectivity index (χ1n) is 8.52. The van der Waals surface area contributed by atoms with E-state index in [0.717, 1.165) is 17.8 Å². The van der Waals surface area contributed by atoms with Crippen LogP contribution in [-0.4, -0.2) is 0 Å². The van der Waals surface area contributed by atoms with Crippen LogP contribution >= 0.6 is 0 Å². The third kappa shape index (κ3) is 2.80. The minimum absolute atomic E-state index is 0.597. The van der Waals surface area contributed by atoms with Crippen molar-refractivity contribution in [3.63, 3.8) is 0 Å². The molecule has 0 bridgehead atoms. The summed E-state index contributed by atoms with van der Waals surface area (Å²) >= 11 is 0. The molecule has 1 aromatic carbocycles. The van der Waals surface area contributed by atoms with Gasteiger partial charge in [0.15, 0.2) is 0 Å². The highest BCUT2D eigenvalue weighted by Gasteiger charge is 2.46. The van der Waals surface area contributed by atoms with Crippen molar-refractivity contribution in [3.05, 3.63) is 35.4 Å². The summed E-state index contributed by atoms with van der Waals surface area (Å²) in [7, 11) is 0. The van der Waals surface area contributed by atoms with Crippen molar-refractivity contribution in [2.24, 2.45) is 23.2 Å². The van der Waals surface area contributed by atoms with Gasteiger partial charge in [-0.15, -0.1) is 0 Å². The molecule has 0 aliphatic heterocycles. The predicted molar refractivity (Wildman–Crippen MR) is 86.9 cm³/mol. The van der Waals surface area contributed by atoms with Gasteiger partial charge in [-0.25, -0.2) is 0 Å². The highest BCUT2D eigenvalue weighted by Crippen LogP contribution is 2.57. The van der Waals surface area contributed by atoms with Crippen LogP contribution in [0.1, 0.15) is 69.9 Å². The van der Waals surface area contributed by atoms with Gasteiger partial charge in [0.05, 0.1) is 0 Å². The lowest BCUT2D eigenvalue weighted by Gasteiger charge is -2.29. The zero-order valence-electron chi connectivity index (χ0n) is 13.7. The van der Waals surface area contributed by atoms with Gasteiger partial charge < -0.3 is 0 Å². The molecule has 3 unspecified atom stereocenters. The molecule has 110 valence electrons. The Hall–Kier alpha value is -0.780. The first-order valence-corrected chi connectivity index (χ1v) is 8.52. The van der Waals surface area contributed by atoms with Gasteiger partial charge in [-0.2, -0.15) is 0 Å². The molecule has 2 aliphatic carbocycles. The Morgan fingerprint density at radius 2 is 1.65 bits per heavy atom. The van der Waals surface area contributed by atoms with E-state index in [1.165, 1.54) is 43.2 Å². The molecule has 0 nitrogen and oxygen atoms in total. The smallest absolute Gasteiger partial charge is 0.0185 e. The van der Waals surface area contributed by atoms with Crippen LogP contribution in [0.2, 0.25) is 0 Å². The number of aryl methyl sites for hydroxylation is 1. The van der Waals surface area contributed by atoms with Crippen molar-refractivity contribution < 1.29 is 0 Å². The van der Waals surface area contributed by atoms with Gasteiger partial charge in [0.2, 0.25) is 0 Å². The van der Waals surface area contributed by atoms with Gasteiger partial charge in [-0.1, -0.05) is 50.6 Å². The van der Waals surface area contributed by atoms with Gasteiger partial charge in [-0.3, -0.25) is 0 Å². The van der Waals surface area contributed by atoms with Crippen molar-refractivity contribution in [3.8, 4) is 0 Å². The van der Waals surface area contributed by atoms with Gasteiger partial charge in [0.1, 0.15) is 0 Å². The van der Waals surface area contributed by atoms with E-state index < -0.39 is 0 Å². The lowest BCUT2D eigenvalue weighted by molar-refractivity contribution is 0.256. The zero-order valence-corrected chi connectivity index (χ0v) is 13.7. The van der Waals surface area contributed by atoms with E-state index in [1.54, 1.807) is 0 Å². The molecule has 1 aromatic rings. The Balaban J connectivity index is 1.64. The zero-order chi connectivity index (χ0) is 14.3. The molecule has 0 heterocycles. The molecule has 0 amide bonds. The fraction of sp³-hybridized carbons (Fsp3) is 0.700. The number of hydrogen-bond donors (Lipinski definition) is 0. The maximum atomic E-state index is 2.56. The predicted octanol–water partition coefficient (Wildman–Crippen LogP) is 5.95. The van der Waals surface area contributed by atoms with E-state index in [2.05, 4.69) is 52.0 Å². The molecule has 2 aliphatic rings. The Bertz CT molecular complexity index is 441. The number of benzene rings is 1. The summed E-state index contributed by atoms with van der Waals surface area (Å²) in [6.45, 7) is 9.60. The average molecular weight is 270 g/mol. The van der Waals surface area contributed by atoms with Gasteiger partial charge in [-0.05, 0) is 73.7 Å². The third-order valence-corrected chi connectivity index (χ3v) is 6.03.